The third-order valence-electron chi connectivity index (χ3n) is 6.23. The molecule has 0 amide bonds. The van der Waals surface area contributed by atoms with E-state index in [1.807, 2.05) is 12.1 Å². The molecule has 0 aliphatic carbocycles. The monoisotopic (exact) mass is 435 g/mol. The van der Waals surface area contributed by atoms with E-state index in [4.69, 9.17) is 0 Å². The van der Waals surface area contributed by atoms with Crippen molar-refractivity contribution >= 4 is 10.8 Å². The van der Waals surface area contributed by atoms with Crippen molar-refractivity contribution in [3.63, 3.8) is 0 Å². The number of fused-ring (bicyclic) bond motifs is 1. The van der Waals surface area contributed by atoms with Crippen molar-refractivity contribution in [2.75, 3.05) is 20.6 Å². The number of likely N-dealkylation sites (N-methyl/N-ethyl adjacent to an activating group) is 1. The minimum Gasteiger partial charge on any atom is -0.508 e. The van der Waals surface area contributed by atoms with Crippen LogP contribution in [0.3, 0.4) is 0 Å². The largest absolute Gasteiger partial charge is 0.508 e. The van der Waals surface area contributed by atoms with E-state index in [0.29, 0.717) is 6.54 Å². The highest BCUT2D eigenvalue weighted by atomic mass is 16.3. The fourth-order valence-electron chi connectivity index (χ4n) is 4.19. The highest BCUT2D eigenvalue weighted by Crippen LogP contribution is 2.25. The third kappa shape index (κ3) is 6.08. The average Bonchev–Trinajstić information content (AvgIpc) is 2.76. The summed E-state index contributed by atoms with van der Waals surface area (Å²) < 4.78 is 0. The molecule has 0 aliphatic heterocycles. The molecule has 5 nitrogen and oxygen atoms in total. The highest BCUT2D eigenvalue weighted by molar-refractivity contribution is 5.86. The minimum atomic E-state index is -0.772. The molecular weight excluding hydrogens is 398 g/mol. The summed E-state index contributed by atoms with van der Waals surface area (Å²) in [7, 11) is 4.14. The molecule has 3 atom stereocenters. The second kappa shape index (κ2) is 10.9. The molecule has 0 spiro atoms. The Balaban J connectivity index is 1.73. The smallest absolute Gasteiger partial charge is 0.163 e. The van der Waals surface area contributed by atoms with Gasteiger partial charge >= 0.3 is 0 Å². The quantitative estimate of drug-likeness (QED) is 0.413. The maximum Gasteiger partial charge on any atom is 0.163 e. The van der Waals surface area contributed by atoms with Crippen molar-refractivity contribution in [2.45, 2.75) is 51.7 Å². The van der Waals surface area contributed by atoms with E-state index in [2.05, 4.69) is 92.4 Å². The van der Waals surface area contributed by atoms with Gasteiger partial charge in [-0.3, -0.25) is 10.2 Å². The first-order valence-corrected chi connectivity index (χ1v) is 11.4. The average molecular weight is 436 g/mol. The van der Waals surface area contributed by atoms with E-state index in [0.717, 1.165) is 12.0 Å². The standard InChI is InChI=1S/C27H37N3O2/c1-19(2)30(18-23(29(4)5)17-21-13-15-24(31)16-14-21)27(32)28-20(3)25-12-8-10-22-9-6-7-11-26(22)25/h6-16,19-20,23,27-28,31-32H,17-18H2,1-5H3/t20-,23-,27?/m0/s1. The van der Waals surface area contributed by atoms with Gasteiger partial charge in [-0.05, 0) is 75.3 Å². The molecule has 0 saturated heterocycles. The van der Waals surface area contributed by atoms with Gasteiger partial charge < -0.3 is 15.1 Å². The van der Waals surface area contributed by atoms with Crippen LogP contribution in [-0.4, -0.2) is 59.1 Å². The molecule has 0 aliphatic rings. The van der Waals surface area contributed by atoms with Crippen LogP contribution in [0.15, 0.2) is 66.7 Å². The number of nitrogens with zero attached hydrogens (tertiary/aromatic N) is 2. The van der Waals surface area contributed by atoms with E-state index in [9.17, 15) is 10.2 Å². The van der Waals surface area contributed by atoms with Gasteiger partial charge in [0.2, 0.25) is 0 Å². The number of nitrogens with one attached hydrogen (secondary N) is 1. The van der Waals surface area contributed by atoms with Crippen LogP contribution in [-0.2, 0) is 6.42 Å². The second-order valence-corrected chi connectivity index (χ2v) is 9.11. The number of hydrogen-bond acceptors (Lipinski definition) is 5. The zero-order valence-electron chi connectivity index (χ0n) is 19.9. The Morgan fingerprint density at radius 1 is 0.875 bits per heavy atom. The summed E-state index contributed by atoms with van der Waals surface area (Å²) >= 11 is 0. The highest BCUT2D eigenvalue weighted by Gasteiger charge is 2.26. The van der Waals surface area contributed by atoms with Gasteiger partial charge in [-0.15, -0.1) is 0 Å². The van der Waals surface area contributed by atoms with Gasteiger partial charge in [0, 0.05) is 24.7 Å². The molecule has 3 aromatic carbocycles. The van der Waals surface area contributed by atoms with Crippen LogP contribution >= 0.6 is 0 Å². The molecule has 32 heavy (non-hydrogen) atoms. The number of phenols is 1. The zero-order chi connectivity index (χ0) is 23.3. The Hall–Kier alpha value is -2.44. The van der Waals surface area contributed by atoms with Crippen molar-refractivity contribution in [1.82, 2.24) is 15.1 Å². The van der Waals surface area contributed by atoms with Crippen LogP contribution in [0, 0.1) is 0 Å². The molecule has 172 valence electrons. The van der Waals surface area contributed by atoms with Crippen LogP contribution in [0.1, 0.15) is 37.9 Å². The van der Waals surface area contributed by atoms with Crippen LogP contribution in [0.5, 0.6) is 5.75 Å². The Bertz CT molecular complexity index is 982. The van der Waals surface area contributed by atoms with Crippen LogP contribution < -0.4 is 5.32 Å². The number of benzene rings is 3. The number of rotatable bonds is 10. The topological polar surface area (TPSA) is 59.0 Å². The normalized spacial score (nSPS) is 14.9. The van der Waals surface area contributed by atoms with E-state index in [1.54, 1.807) is 12.1 Å². The second-order valence-electron chi connectivity index (χ2n) is 9.11. The summed E-state index contributed by atoms with van der Waals surface area (Å²) in [6.07, 6.45) is 0.0634. The predicted molar refractivity (Wildman–Crippen MR) is 133 cm³/mol. The Morgan fingerprint density at radius 2 is 1.53 bits per heavy atom. The molecular formula is C27H37N3O2. The van der Waals surface area contributed by atoms with Gasteiger partial charge in [0.05, 0.1) is 0 Å². The summed E-state index contributed by atoms with van der Waals surface area (Å²) in [5, 5.41) is 26.6. The molecule has 1 unspecified atom stereocenters. The molecule has 5 heteroatoms. The molecule has 0 heterocycles. The summed E-state index contributed by atoms with van der Waals surface area (Å²) in [5.41, 5.74) is 2.34. The van der Waals surface area contributed by atoms with Crippen LogP contribution in [0.25, 0.3) is 10.8 Å². The molecule has 3 aromatic rings. The number of phenolic OH excluding ortho intramolecular Hbond substituents is 1. The fraction of sp³-hybridized carbons (Fsp3) is 0.407. The molecule has 3 N–H and O–H groups in total. The summed E-state index contributed by atoms with van der Waals surface area (Å²) in [4.78, 5) is 4.30. The molecule has 0 aromatic heterocycles. The van der Waals surface area contributed by atoms with Gasteiger partial charge in [-0.1, -0.05) is 54.6 Å². The number of aromatic hydroxyl groups is 1. The molecule has 0 bridgehead atoms. The van der Waals surface area contributed by atoms with Crippen molar-refractivity contribution in [3.8, 4) is 5.75 Å². The summed E-state index contributed by atoms with van der Waals surface area (Å²) in [6.45, 7) is 7.03. The van der Waals surface area contributed by atoms with Gasteiger partial charge in [0.15, 0.2) is 6.35 Å². The lowest BCUT2D eigenvalue weighted by Crippen LogP contribution is -2.54. The summed E-state index contributed by atoms with van der Waals surface area (Å²) in [5.74, 6) is 0.279. The number of aliphatic hydroxyl groups is 1. The third-order valence-corrected chi connectivity index (χ3v) is 6.23. The number of aliphatic hydroxyl groups excluding tert-OH is 1. The lowest BCUT2D eigenvalue weighted by Gasteiger charge is -2.38. The summed E-state index contributed by atoms with van der Waals surface area (Å²) in [6, 6.07) is 22.4. The van der Waals surface area contributed by atoms with Crippen LogP contribution in [0.4, 0.5) is 0 Å². The predicted octanol–water partition coefficient (Wildman–Crippen LogP) is 4.36. The Kier molecular flexibility index (Phi) is 8.26. The minimum absolute atomic E-state index is 0.00717. The van der Waals surface area contributed by atoms with E-state index in [-0.39, 0.29) is 23.9 Å². The Labute approximate surface area is 192 Å². The van der Waals surface area contributed by atoms with Gasteiger partial charge in [-0.25, -0.2) is 0 Å². The fourth-order valence-corrected chi connectivity index (χ4v) is 4.19. The first-order chi connectivity index (χ1) is 15.3. The maximum atomic E-state index is 11.2. The first-order valence-electron chi connectivity index (χ1n) is 11.4. The maximum absolute atomic E-state index is 11.2. The lowest BCUT2D eigenvalue weighted by molar-refractivity contribution is -0.0569. The van der Waals surface area contributed by atoms with Crippen LogP contribution in [0.2, 0.25) is 0 Å². The van der Waals surface area contributed by atoms with Gasteiger partial charge in [0.25, 0.3) is 0 Å². The molecule has 0 fully saturated rings. The van der Waals surface area contributed by atoms with E-state index >= 15 is 0 Å². The SMILES string of the molecule is CC(C)N(C[C@H](Cc1ccc(O)cc1)N(C)C)C(O)N[C@@H](C)c1cccc2ccccc12. The van der Waals surface area contributed by atoms with Crippen molar-refractivity contribution in [3.05, 3.63) is 77.9 Å². The zero-order valence-corrected chi connectivity index (χ0v) is 19.9. The molecule has 0 radical (unpaired) electrons. The van der Waals surface area contributed by atoms with E-state index in [1.165, 1.54) is 16.3 Å². The van der Waals surface area contributed by atoms with Gasteiger partial charge in [0.1, 0.15) is 5.75 Å². The van der Waals surface area contributed by atoms with E-state index < -0.39 is 6.35 Å². The Morgan fingerprint density at radius 3 is 2.19 bits per heavy atom. The number of hydrogen-bond donors (Lipinski definition) is 3. The molecule has 0 saturated carbocycles. The van der Waals surface area contributed by atoms with Crippen molar-refractivity contribution in [2.24, 2.45) is 0 Å². The van der Waals surface area contributed by atoms with Crippen molar-refractivity contribution < 1.29 is 10.2 Å². The molecule has 3 rings (SSSR count). The van der Waals surface area contributed by atoms with Gasteiger partial charge in [-0.2, -0.15) is 0 Å². The van der Waals surface area contributed by atoms with Crippen molar-refractivity contribution in [1.29, 1.82) is 0 Å². The first kappa shape index (κ1) is 24.2. The lowest BCUT2D eigenvalue weighted by atomic mass is 9.99.